The Balaban J connectivity index is 1.51. The first-order valence-electron chi connectivity index (χ1n) is 8.15. The first-order valence-corrected chi connectivity index (χ1v) is 8.53. The Labute approximate surface area is 141 Å². The van der Waals surface area contributed by atoms with Gasteiger partial charge in [0.1, 0.15) is 0 Å². The first kappa shape index (κ1) is 16.1. The Morgan fingerprint density at radius 2 is 1.78 bits per heavy atom. The molecule has 0 radical (unpaired) electrons. The second-order valence-corrected chi connectivity index (χ2v) is 6.74. The maximum absolute atomic E-state index is 12.3. The number of benzene rings is 1. The van der Waals surface area contributed by atoms with Crippen molar-refractivity contribution in [1.82, 2.24) is 9.80 Å². The zero-order chi connectivity index (χ0) is 16.4. The fourth-order valence-corrected chi connectivity index (χ4v) is 3.10. The van der Waals surface area contributed by atoms with E-state index in [0.29, 0.717) is 36.9 Å². The fraction of sp³-hybridized carbons (Fsp3) is 0.529. The second-order valence-electron chi connectivity index (χ2n) is 6.33. The van der Waals surface area contributed by atoms with Gasteiger partial charge in [0.05, 0.1) is 0 Å². The number of urea groups is 1. The molecule has 6 heteroatoms. The van der Waals surface area contributed by atoms with Crippen LogP contribution >= 0.6 is 11.6 Å². The number of halogens is 1. The van der Waals surface area contributed by atoms with Gasteiger partial charge in [-0.15, -0.1) is 0 Å². The molecule has 2 fully saturated rings. The summed E-state index contributed by atoms with van der Waals surface area (Å²) in [7, 11) is 0. The van der Waals surface area contributed by atoms with Gasteiger partial charge in [-0.05, 0) is 37.5 Å². The summed E-state index contributed by atoms with van der Waals surface area (Å²) >= 11 is 6.08. The summed E-state index contributed by atoms with van der Waals surface area (Å²) in [6.07, 6.45) is 3.21. The molecule has 1 saturated carbocycles. The minimum atomic E-state index is -0.138. The molecule has 1 N–H and O–H groups in total. The maximum atomic E-state index is 12.3. The van der Waals surface area contributed by atoms with E-state index in [1.54, 1.807) is 11.0 Å². The lowest BCUT2D eigenvalue weighted by molar-refractivity contribution is -0.139. The van der Waals surface area contributed by atoms with Gasteiger partial charge in [0.15, 0.2) is 0 Å². The number of carbonyl (C=O) groups excluding carboxylic acids is 2. The number of hydrogen-bond acceptors (Lipinski definition) is 2. The van der Waals surface area contributed by atoms with E-state index in [4.69, 9.17) is 11.6 Å². The summed E-state index contributed by atoms with van der Waals surface area (Å²) in [5.74, 6) is 0.492. The monoisotopic (exact) mass is 335 g/mol. The van der Waals surface area contributed by atoms with E-state index in [-0.39, 0.29) is 17.9 Å². The number of nitrogens with zero attached hydrogens (tertiary/aromatic N) is 2. The lowest BCUT2D eigenvalue weighted by atomic mass is 9.84. The third-order valence-electron chi connectivity index (χ3n) is 4.76. The molecule has 1 aliphatic carbocycles. The third-order valence-corrected chi connectivity index (χ3v) is 5.16. The minimum absolute atomic E-state index is 0.138. The number of anilines is 1. The summed E-state index contributed by atoms with van der Waals surface area (Å²) in [6, 6.07) is 5.34. The van der Waals surface area contributed by atoms with Crippen molar-refractivity contribution in [2.45, 2.75) is 26.2 Å². The van der Waals surface area contributed by atoms with Gasteiger partial charge in [0, 0.05) is 42.8 Å². The number of aryl methyl sites for hydroxylation is 1. The van der Waals surface area contributed by atoms with E-state index in [1.807, 2.05) is 24.0 Å². The van der Waals surface area contributed by atoms with Crippen molar-refractivity contribution in [1.29, 1.82) is 0 Å². The molecule has 5 nitrogen and oxygen atoms in total. The van der Waals surface area contributed by atoms with Crippen LogP contribution in [0.25, 0.3) is 0 Å². The molecule has 0 bridgehead atoms. The second kappa shape index (κ2) is 6.79. The normalized spacial score (nSPS) is 18.5. The summed E-state index contributed by atoms with van der Waals surface area (Å²) in [5, 5.41) is 3.51. The average Bonchev–Trinajstić information content (AvgIpc) is 2.49. The van der Waals surface area contributed by atoms with Crippen LogP contribution in [-0.4, -0.2) is 47.9 Å². The molecule has 23 heavy (non-hydrogen) atoms. The molecule has 1 saturated heterocycles. The van der Waals surface area contributed by atoms with Gasteiger partial charge >= 0.3 is 6.03 Å². The molecule has 0 aromatic heterocycles. The molecule has 0 unspecified atom stereocenters. The van der Waals surface area contributed by atoms with Crippen molar-refractivity contribution in [3.8, 4) is 0 Å². The number of carbonyl (C=O) groups is 2. The van der Waals surface area contributed by atoms with Gasteiger partial charge in [0.25, 0.3) is 0 Å². The van der Waals surface area contributed by atoms with E-state index in [2.05, 4.69) is 5.32 Å². The summed E-state index contributed by atoms with van der Waals surface area (Å²) in [5.41, 5.74) is 1.67. The van der Waals surface area contributed by atoms with Crippen LogP contribution in [0.4, 0.5) is 10.5 Å². The predicted octanol–water partition coefficient (Wildman–Crippen LogP) is 3.12. The van der Waals surface area contributed by atoms with E-state index < -0.39 is 0 Å². The molecule has 3 rings (SSSR count). The number of hydrogen-bond donors (Lipinski definition) is 1. The van der Waals surface area contributed by atoms with Gasteiger partial charge in [-0.25, -0.2) is 4.79 Å². The Kier molecular flexibility index (Phi) is 4.76. The maximum Gasteiger partial charge on any atom is 0.321 e. The number of rotatable bonds is 2. The average molecular weight is 336 g/mol. The van der Waals surface area contributed by atoms with Crippen molar-refractivity contribution in [2.24, 2.45) is 5.92 Å². The topological polar surface area (TPSA) is 52.7 Å². The summed E-state index contributed by atoms with van der Waals surface area (Å²) in [6.45, 7) is 4.31. The highest BCUT2D eigenvalue weighted by molar-refractivity contribution is 6.31. The molecule has 2 aliphatic rings. The summed E-state index contributed by atoms with van der Waals surface area (Å²) < 4.78 is 0. The number of nitrogens with one attached hydrogen (secondary N) is 1. The van der Waals surface area contributed by atoms with Gasteiger partial charge < -0.3 is 15.1 Å². The molecule has 1 aromatic rings. The Hall–Kier alpha value is -1.75. The van der Waals surface area contributed by atoms with Crippen LogP contribution in [0, 0.1) is 12.8 Å². The van der Waals surface area contributed by atoms with Crippen LogP contribution in [0.5, 0.6) is 0 Å². The summed E-state index contributed by atoms with van der Waals surface area (Å²) in [4.78, 5) is 28.2. The van der Waals surface area contributed by atoms with Crippen LogP contribution in [0.3, 0.4) is 0 Å². The Morgan fingerprint density at radius 3 is 2.35 bits per heavy atom. The SMILES string of the molecule is Cc1ccc(NC(=O)N2CCN(C(=O)C3CCC3)CC2)cc1Cl. The highest BCUT2D eigenvalue weighted by Crippen LogP contribution is 2.28. The van der Waals surface area contributed by atoms with E-state index >= 15 is 0 Å². The molecular weight excluding hydrogens is 314 g/mol. The van der Waals surface area contributed by atoms with E-state index in [1.165, 1.54) is 0 Å². The van der Waals surface area contributed by atoms with Crippen molar-refractivity contribution in [3.05, 3.63) is 28.8 Å². The van der Waals surface area contributed by atoms with Crippen LogP contribution in [-0.2, 0) is 4.79 Å². The Bertz CT molecular complexity index is 608. The highest BCUT2D eigenvalue weighted by atomic mass is 35.5. The van der Waals surface area contributed by atoms with Gasteiger partial charge in [0.2, 0.25) is 5.91 Å². The molecule has 1 heterocycles. The van der Waals surface area contributed by atoms with Crippen molar-refractivity contribution in [2.75, 3.05) is 31.5 Å². The van der Waals surface area contributed by atoms with Gasteiger partial charge in [-0.1, -0.05) is 24.1 Å². The lowest BCUT2D eigenvalue weighted by Crippen LogP contribution is -2.53. The number of amides is 3. The van der Waals surface area contributed by atoms with Crippen LogP contribution in [0.2, 0.25) is 5.02 Å². The van der Waals surface area contributed by atoms with Crippen LogP contribution in [0.15, 0.2) is 18.2 Å². The zero-order valence-electron chi connectivity index (χ0n) is 13.3. The molecule has 3 amide bonds. The first-order chi connectivity index (χ1) is 11.0. The van der Waals surface area contributed by atoms with Crippen molar-refractivity contribution < 1.29 is 9.59 Å². The molecule has 1 aromatic carbocycles. The lowest BCUT2D eigenvalue weighted by Gasteiger charge is -2.38. The standard InChI is InChI=1S/C17H22ClN3O2/c1-12-5-6-14(11-15(12)18)19-17(23)21-9-7-20(8-10-21)16(22)13-3-2-4-13/h5-6,11,13H,2-4,7-10H2,1H3,(H,19,23). The van der Waals surface area contributed by atoms with Crippen molar-refractivity contribution >= 4 is 29.2 Å². The van der Waals surface area contributed by atoms with Crippen molar-refractivity contribution in [3.63, 3.8) is 0 Å². The van der Waals surface area contributed by atoms with Gasteiger partial charge in [-0.3, -0.25) is 4.79 Å². The van der Waals surface area contributed by atoms with Gasteiger partial charge in [-0.2, -0.15) is 0 Å². The molecule has 1 aliphatic heterocycles. The Morgan fingerprint density at radius 1 is 1.13 bits per heavy atom. The smallest absolute Gasteiger partial charge is 0.321 e. The minimum Gasteiger partial charge on any atom is -0.339 e. The van der Waals surface area contributed by atoms with E-state index in [0.717, 1.165) is 24.8 Å². The highest BCUT2D eigenvalue weighted by Gasteiger charge is 2.32. The van der Waals surface area contributed by atoms with E-state index in [9.17, 15) is 9.59 Å². The molecule has 0 atom stereocenters. The largest absolute Gasteiger partial charge is 0.339 e. The molecule has 0 spiro atoms. The van der Waals surface area contributed by atoms with Crippen LogP contribution < -0.4 is 5.32 Å². The third kappa shape index (κ3) is 3.61. The zero-order valence-corrected chi connectivity index (χ0v) is 14.1. The predicted molar refractivity (Wildman–Crippen MR) is 90.7 cm³/mol. The number of piperazine rings is 1. The molecule has 124 valence electrons. The fourth-order valence-electron chi connectivity index (χ4n) is 2.92. The van der Waals surface area contributed by atoms with Crippen LogP contribution in [0.1, 0.15) is 24.8 Å². The molecular formula is C17H22ClN3O2. The quantitative estimate of drug-likeness (QED) is 0.902.